The molecule has 0 fully saturated rings. The Bertz CT molecular complexity index is 371. The summed E-state index contributed by atoms with van der Waals surface area (Å²) >= 11 is 0. The monoisotopic (exact) mass is 263 g/mol. The van der Waals surface area contributed by atoms with Crippen LogP contribution >= 0.6 is 0 Å². The normalized spacial score (nSPS) is 13.6. The fourth-order valence-electron chi connectivity index (χ4n) is 1.43. The molecule has 0 amide bonds. The first-order chi connectivity index (χ1) is 8.38. The van der Waals surface area contributed by atoms with Crippen LogP contribution in [0.15, 0.2) is 18.3 Å². The number of hydrogen-bond acceptors (Lipinski definition) is 4. The molecule has 0 saturated carbocycles. The summed E-state index contributed by atoms with van der Waals surface area (Å²) in [5.41, 5.74) is 12.2. The van der Waals surface area contributed by atoms with Crippen LogP contribution in [0.5, 0.6) is 0 Å². The van der Waals surface area contributed by atoms with Crippen molar-refractivity contribution in [2.24, 2.45) is 5.73 Å². The van der Waals surface area contributed by atoms with E-state index in [1.165, 1.54) is 0 Å². The largest absolute Gasteiger partial charge is 0.411 e. The van der Waals surface area contributed by atoms with Gasteiger partial charge in [0.2, 0.25) is 0 Å². The molecule has 1 aromatic heterocycles. The van der Waals surface area contributed by atoms with E-state index >= 15 is 0 Å². The molecule has 7 heteroatoms. The Labute approximate surface area is 103 Å². The third-order valence-corrected chi connectivity index (χ3v) is 2.31. The van der Waals surface area contributed by atoms with Gasteiger partial charge in [0.25, 0.3) is 0 Å². The topological polar surface area (TPSA) is 74.2 Å². The second-order valence-corrected chi connectivity index (χ2v) is 3.97. The molecule has 0 saturated heterocycles. The Morgan fingerprint density at radius 2 is 2.11 bits per heavy atom. The number of hydrogen-bond donors (Lipinski definition) is 2. The van der Waals surface area contributed by atoms with Gasteiger partial charge in [0.1, 0.15) is 12.4 Å². The SMILES string of the molecule is Nc1ncccc1CC(N)CCOCC(F)(F)F. The minimum Gasteiger partial charge on any atom is -0.383 e. The zero-order chi connectivity index (χ0) is 13.6. The van der Waals surface area contributed by atoms with E-state index < -0.39 is 12.8 Å². The summed E-state index contributed by atoms with van der Waals surface area (Å²) in [6.07, 6.45) is -1.92. The van der Waals surface area contributed by atoms with Gasteiger partial charge in [-0.1, -0.05) is 6.07 Å². The minimum absolute atomic E-state index is 0.0269. The number of anilines is 1. The molecule has 0 spiro atoms. The smallest absolute Gasteiger partial charge is 0.383 e. The van der Waals surface area contributed by atoms with Crippen LogP contribution in [0.25, 0.3) is 0 Å². The predicted octanol–water partition coefficient (Wildman–Crippen LogP) is 1.50. The molecule has 0 bridgehead atoms. The van der Waals surface area contributed by atoms with Gasteiger partial charge in [-0.15, -0.1) is 0 Å². The average Bonchev–Trinajstić information content (AvgIpc) is 2.26. The number of nitrogens with two attached hydrogens (primary N) is 2. The summed E-state index contributed by atoms with van der Waals surface area (Å²) in [5, 5.41) is 0. The second kappa shape index (κ2) is 6.55. The van der Waals surface area contributed by atoms with E-state index in [2.05, 4.69) is 9.72 Å². The van der Waals surface area contributed by atoms with Crippen LogP contribution in [0.2, 0.25) is 0 Å². The summed E-state index contributed by atoms with van der Waals surface area (Å²) < 4.78 is 39.9. The summed E-state index contributed by atoms with van der Waals surface area (Å²) in [4.78, 5) is 3.90. The summed E-state index contributed by atoms with van der Waals surface area (Å²) in [5.74, 6) is 0.393. The number of aromatic nitrogens is 1. The molecule has 102 valence electrons. The van der Waals surface area contributed by atoms with E-state index in [0.29, 0.717) is 18.7 Å². The van der Waals surface area contributed by atoms with Gasteiger partial charge in [-0.3, -0.25) is 0 Å². The lowest BCUT2D eigenvalue weighted by molar-refractivity contribution is -0.174. The van der Waals surface area contributed by atoms with Crippen molar-refractivity contribution in [1.82, 2.24) is 4.98 Å². The Hall–Kier alpha value is -1.34. The lowest BCUT2D eigenvalue weighted by Crippen LogP contribution is -2.26. The quantitative estimate of drug-likeness (QED) is 0.763. The molecular formula is C11H16F3N3O. The summed E-state index contributed by atoms with van der Waals surface area (Å²) in [6.45, 7) is -1.27. The maximum atomic E-state index is 11.8. The number of pyridine rings is 1. The van der Waals surface area contributed by atoms with Crippen LogP contribution in [0.4, 0.5) is 19.0 Å². The Morgan fingerprint density at radius 3 is 2.72 bits per heavy atom. The van der Waals surface area contributed by atoms with E-state index in [-0.39, 0.29) is 12.6 Å². The number of halogens is 3. The highest BCUT2D eigenvalue weighted by molar-refractivity contribution is 5.38. The standard InChI is InChI=1S/C11H16F3N3O/c12-11(13,14)7-18-5-3-9(15)6-8-2-1-4-17-10(8)16/h1-2,4,9H,3,5-7,15H2,(H2,16,17). The van der Waals surface area contributed by atoms with Gasteiger partial charge in [0.15, 0.2) is 0 Å². The van der Waals surface area contributed by atoms with E-state index in [4.69, 9.17) is 11.5 Å². The molecule has 0 aliphatic carbocycles. The van der Waals surface area contributed by atoms with E-state index in [1.54, 1.807) is 18.3 Å². The number of ether oxygens (including phenoxy) is 1. The van der Waals surface area contributed by atoms with Crippen LogP contribution in [-0.4, -0.2) is 30.4 Å². The first-order valence-corrected chi connectivity index (χ1v) is 5.48. The average molecular weight is 263 g/mol. The van der Waals surface area contributed by atoms with Crippen LogP contribution in [0.3, 0.4) is 0 Å². The maximum absolute atomic E-state index is 11.8. The lowest BCUT2D eigenvalue weighted by Gasteiger charge is -2.13. The highest BCUT2D eigenvalue weighted by Gasteiger charge is 2.27. The van der Waals surface area contributed by atoms with Crippen LogP contribution in [0, 0.1) is 0 Å². The summed E-state index contributed by atoms with van der Waals surface area (Å²) in [7, 11) is 0. The molecule has 1 unspecified atom stereocenters. The highest BCUT2D eigenvalue weighted by Crippen LogP contribution is 2.15. The first kappa shape index (κ1) is 14.7. The lowest BCUT2D eigenvalue weighted by atomic mass is 10.1. The molecule has 0 radical (unpaired) electrons. The predicted molar refractivity (Wildman–Crippen MR) is 61.8 cm³/mol. The highest BCUT2D eigenvalue weighted by atomic mass is 19.4. The number of alkyl halides is 3. The van der Waals surface area contributed by atoms with Gasteiger partial charge in [-0.2, -0.15) is 13.2 Å². The van der Waals surface area contributed by atoms with Gasteiger partial charge in [0, 0.05) is 18.8 Å². The fourth-order valence-corrected chi connectivity index (χ4v) is 1.43. The Balaban J connectivity index is 2.26. The van der Waals surface area contributed by atoms with Gasteiger partial charge >= 0.3 is 6.18 Å². The van der Waals surface area contributed by atoms with Crippen molar-refractivity contribution in [3.8, 4) is 0 Å². The number of nitrogens with zero attached hydrogens (tertiary/aromatic N) is 1. The molecule has 0 aromatic carbocycles. The zero-order valence-corrected chi connectivity index (χ0v) is 9.78. The molecular weight excluding hydrogens is 247 g/mol. The number of nitrogen functional groups attached to an aromatic ring is 1. The molecule has 1 atom stereocenters. The molecule has 18 heavy (non-hydrogen) atoms. The van der Waals surface area contributed by atoms with Crippen molar-refractivity contribution in [2.75, 3.05) is 18.9 Å². The summed E-state index contributed by atoms with van der Waals surface area (Å²) in [6, 6.07) is 3.22. The third kappa shape index (κ3) is 5.83. The second-order valence-electron chi connectivity index (χ2n) is 3.97. The van der Waals surface area contributed by atoms with Crippen molar-refractivity contribution >= 4 is 5.82 Å². The van der Waals surface area contributed by atoms with Crippen LogP contribution in [0.1, 0.15) is 12.0 Å². The molecule has 4 nitrogen and oxygen atoms in total. The van der Waals surface area contributed by atoms with Gasteiger partial charge in [-0.05, 0) is 24.5 Å². The maximum Gasteiger partial charge on any atom is 0.411 e. The van der Waals surface area contributed by atoms with Crippen LogP contribution < -0.4 is 11.5 Å². The molecule has 1 aromatic rings. The van der Waals surface area contributed by atoms with E-state index in [1.807, 2.05) is 0 Å². The fraction of sp³-hybridized carbons (Fsp3) is 0.545. The number of rotatable bonds is 6. The Morgan fingerprint density at radius 1 is 1.39 bits per heavy atom. The first-order valence-electron chi connectivity index (χ1n) is 5.48. The van der Waals surface area contributed by atoms with Crippen LogP contribution in [-0.2, 0) is 11.2 Å². The van der Waals surface area contributed by atoms with Gasteiger partial charge in [-0.25, -0.2) is 4.98 Å². The van der Waals surface area contributed by atoms with Crippen molar-refractivity contribution in [1.29, 1.82) is 0 Å². The molecule has 0 aliphatic rings. The van der Waals surface area contributed by atoms with Crippen molar-refractivity contribution in [2.45, 2.75) is 25.1 Å². The molecule has 1 heterocycles. The third-order valence-electron chi connectivity index (χ3n) is 2.31. The molecule has 4 N–H and O–H groups in total. The van der Waals surface area contributed by atoms with Gasteiger partial charge < -0.3 is 16.2 Å². The minimum atomic E-state index is -4.29. The molecule has 0 aliphatic heterocycles. The van der Waals surface area contributed by atoms with Crippen molar-refractivity contribution < 1.29 is 17.9 Å². The Kier molecular flexibility index (Phi) is 5.36. The van der Waals surface area contributed by atoms with E-state index in [0.717, 1.165) is 5.56 Å². The molecule has 1 rings (SSSR count). The van der Waals surface area contributed by atoms with Gasteiger partial charge in [0.05, 0.1) is 0 Å². The van der Waals surface area contributed by atoms with Crippen molar-refractivity contribution in [3.63, 3.8) is 0 Å². The van der Waals surface area contributed by atoms with E-state index in [9.17, 15) is 13.2 Å². The van der Waals surface area contributed by atoms with Crippen molar-refractivity contribution in [3.05, 3.63) is 23.9 Å². The zero-order valence-electron chi connectivity index (χ0n) is 9.78.